The summed E-state index contributed by atoms with van der Waals surface area (Å²) in [6, 6.07) is 2.17. The van der Waals surface area contributed by atoms with Crippen molar-refractivity contribution in [3.63, 3.8) is 0 Å². The Morgan fingerprint density at radius 1 is 1.08 bits per heavy atom. The van der Waals surface area contributed by atoms with E-state index in [9.17, 15) is 29.4 Å². The standard InChI is InChI=1S/C25H39N7O6/c1-14(2)20(26)22(35)31-18(13-15-7-9-16(33)10-8-15)21(34)30-17(5-3-11-29-25(27)28)23(36)32-12-4-6-19(32)24(37)38/h7-10,14,17-20,33H,3-6,11-13,26H2,1-2H3,(H,30,34)(H,31,35)(H,37,38)(H4,27,28,29). The molecule has 10 N–H and O–H groups in total. The second-order valence-electron chi connectivity index (χ2n) is 9.74. The van der Waals surface area contributed by atoms with Crippen LogP contribution in [0.4, 0.5) is 0 Å². The van der Waals surface area contributed by atoms with Crippen molar-refractivity contribution < 1.29 is 29.4 Å². The molecule has 1 fully saturated rings. The Bertz CT molecular complexity index is 1010. The van der Waals surface area contributed by atoms with E-state index < -0.39 is 47.9 Å². The number of likely N-dealkylation sites (tertiary alicyclic amines) is 1. The number of nitrogens with zero attached hydrogens (tertiary/aromatic N) is 2. The summed E-state index contributed by atoms with van der Waals surface area (Å²) in [6.07, 6.45) is 1.41. The number of nitrogens with two attached hydrogens (primary N) is 3. The van der Waals surface area contributed by atoms with Crippen LogP contribution in [0.15, 0.2) is 29.3 Å². The number of guanidine groups is 1. The number of carbonyl (C=O) groups is 4. The number of phenolic OH excluding ortho intramolecular Hbond substituents is 1. The third kappa shape index (κ3) is 8.91. The number of amides is 3. The minimum atomic E-state index is -1.11. The summed E-state index contributed by atoms with van der Waals surface area (Å²) in [7, 11) is 0. The molecule has 0 aliphatic carbocycles. The molecule has 4 atom stereocenters. The van der Waals surface area contributed by atoms with E-state index >= 15 is 0 Å². The van der Waals surface area contributed by atoms with Gasteiger partial charge < -0.3 is 42.9 Å². The predicted octanol–water partition coefficient (Wildman–Crippen LogP) is -0.983. The first-order valence-corrected chi connectivity index (χ1v) is 12.6. The summed E-state index contributed by atoms with van der Waals surface area (Å²) in [5.41, 5.74) is 17.4. The van der Waals surface area contributed by atoms with Crippen molar-refractivity contribution >= 4 is 29.7 Å². The zero-order valence-corrected chi connectivity index (χ0v) is 21.8. The summed E-state index contributed by atoms with van der Waals surface area (Å²) < 4.78 is 0. The van der Waals surface area contributed by atoms with Crippen molar-refractivity contribution in [1.29, 1.82) is 0 Å². The van der Waals surface area contributed by atoms with E-state index in [1.165, 1.54) is 17.0 Å². The molecule has 1 aromatic carbocycles. The van der Waals surface area contributed by atoms with Crippen LogP contribution in [0, 0.1) is 5.92 Å². The largest absolute Gasteiger partial charge is 0.508 e. The highest BCUT2D eigenvalue weighted by Crippen LogP contribution is 2.20. The van der Waals surface area contributed by atoms with Gasteiger partial charge in [-0.05, 0) is 49.3 Å². The molecule has 0 aromatic heterocycles. The van der Waals surface area contributed by atoms with Gasteiger partial charge in [-0.2, -0.15) is 0 Å². The lowest BCUT2D eigenvalue weighted by molar-refractivity contribution is -0.149. The van der Waals surface area contributed by atoms with Crippen molar-refractivity contribution in [1.82, 2.24) is 15.5 Å². The molecule has 0 bridgehead atoms. The van der Waals surface area contributed by atoms with Crippen LogP contribution < -0.4 is 27.8 Å². The van der Waals surface area contributed by atoms with Gasteiger partial charge in [0.2, 0.25) is 17.7 Å². The number of hydrogen-bond acceptors (Lipinski definition) is 7. The Morgan fingerprint density at radius 3 is 2.29 bits per heavy atom. The lowest BCUT2D eigenvalue weighted by atomic mass is 10.0. The molecule has 38 heavy (non-hydrogen) atoms. The van der Waals surface area contributed by atoms with Crippen LogP contribution in [0.2, 0.25) is 0 Å². The number of nitrogens with one attached hydrogen (secondary N) is 2. The molecule has 13 heteroatoms. The highest BCUT2D eigenvalue weighted by Gasteiger charge is 2.38. The summed E-state index contributed by atoms with van der Waals surface area (Å²) in [6.45, 7) is 4.02. The van der Waals surface area contributed by atoms with E-state index in [2.05, 4.69) is 15.6 Å². The maximum atomic E-state index is 13.5. The van der Waals surface area contributed by atoms with Gasteiger partial charge in [0, 0.05) is 19.5 Å². The first kappa shape index (κ1) is 30.4. The van der Waals surface area contributed by atoms with Crippen molar-refractivity contribution in [3.8, 4) is 5.75 Å². The minimum Gasteiger partial charge on any atom is -0.508 e. The Morgan fingerprint density at radius 2 is 1.71 bits per heavy atom. The van der Waals surface area contributed by atoms with Crippen LogP contribution in [0.5, 0.6) is 5.75 Å². The zero-order chi connectivity index (χ0) is 28.4. The summed E-state index contributed by atoms with van der Waals surface area (Å²) in [5.74, 6) is -3.04. The molecule has 0 spiro atoms. The number of carboxylic acids is 1. The smallest absolute Gasteiger partial charge is 0.326 e. The molecule has 1 aliphatic heterocycles. The number of aliphatic carboxylic acids is 1. The van der Waals surface area contributed by atoms with Crippen LogP contribution in [-0.4, -0.2) is 82.0 Å². The highest BCUT2D eigenvalue weighted by molar-refractivity contribution is 5.94. The zero-order valence-electron chi connectivity index (χ0n) is 21.8. The second kappa shape index (κ2) is 14.2. The normalized spacial score (nSPS) is 17.4. The molecular weight excluding hydrogens is 494 g/mol. The minimum absolute atomic E-state index is 0.0469. The van der Waals surface area contributed by atoms with E-state index in [-0.39, 0.29) is 43.6 Å². The first-order chi connectivity index (χ1) is 17.9. The van der Waals surface area contributed by atoms with Crippen LogP contribution in [-0.2, 0) is 25.6 Å². The average molecular weight is 534 g/mol. The lowest BCUT2D eigenvalue weighted by Crippen LogP contribution is -2.58. The number of aromatic hydroxyl groups is 1. The summed E-state index contributed by atoms with van der Waals surface area (Å²) in [4.78, 5) is 56.4. The monoisotopic (exact) mass is 533 g/mol. The van der Waals surface area contributed by atoms with Crippen LogP contribution in [0.3, 0.4) is 0 Å². The third-order valence-electron chi connectivity index (χ3n) is 6.41. The van der Waals surface area contributed by atoms with Gasteiger partial charge in [0.1, 0.15) is 23.9 Å². The fourth-order valence-corrected chi connectivity index (χ4v) is 4.17. The number of carbonyl (C=O) groups excluding carboxylic acids is 3. The number of rotatable bonds is 13. The van der Waals surface area contributed by atoms with Crippen LogP contribution in [0.1, 0.15) is 45.1 Å². The predicted molar refractivity (Wildman–Crippen MR) is 141 cm³/mol. The maximum Gasteiger partial charge on any atom is 0.326 e. The average Bonchev–Trinajstić information content (AvgIpc) is 3.36. The number of carboxylic acid groups (broad SMARTS) is 1. The fraction of sp³-hybridized carbons (Fsp3) is 0.560. The molecule has 1 saturated heterocycles. The van der Waals surface area contributed by atoms with Crippen molar-refractivity contribution in [2.24, 2.45) is 28.1 Å². The Balaban J connectivity index is 2.27. The molecule has 0 radical (unpaired) electrons. The van der Waals surface area contributed by atoms with Crippen molar-refractivity contribution in [2.75, 3.05) is 13.1 Å². The van der Waals surface area contributed by atoms with E-state index in [0.29, 0.717) is 24.8 Å². The molecule has 4 unspecified atom stereocenters. The van der Waals surface area contributed by atoms with Gasteiger partial charge in [-0.25, -0.2) is 4.79 Å². The Labute approximate surface area is 221 Å². The molecule has 3 amide bonds. The van der Waals surface area contributed by atoms with Gasteiger partial charge in [-0.1, -0.05) is 26.0 Å². The Hall–Kier alpha value is -3.87. The van der Waals surface area contributed by atoms with E-state index in [1.54, 1.807) is 26.0 Å². The van der Waals surface area contributed by atoms with Gasteiger partial charge in [-0.3, -0.25) is 19.4 Å². The van der Waals surface area contributed by atoms with Gasteiger partial charge in [0.25, 0.3) is 0 Å². The first-order valence-electron chi connectivity index (χ1n) is 12.6. The van der Waals surface area contributed by atoms with Gasteiger partial charge in [-0.15, -0.1) is 0 Å². The second-order valence-corrected chi connectivity index (χ2v) is 9.74. The molecule has 2 rings (SSSR count). The summed E-state index contributed by atoms with van der Waals surface area (Å²) >= 11 is 0. The molecule has 1 heterocycles. The molecule has 0 saturated carbocycles. The fourth-order valence-electron chi connectivity index (χ4n) is 4.17. The quantitative estimate of drug-likeness (QED) is 0.0937. The van der Waals surface area contributed by atoms with E-state index in [0.717, 1.165) is 0 Å². The molecular formula is C25H39N7O6. The van der Waals surface area contributed by atoms with Crippen molar-refractivity contribution in [3.05, 3.63) is 29.8 Å². The molecule has 1 aromatic rings. The molecule has 1 aliphatic rings. The SMILES string of the molecule is CC(C)C(N)C(=O)NC(Cc1ccc(O)cc1)C(=O)NC(CCCN=C(N)N)C(=O)N1CCCC1C(=O)O. The topological polar surface area (TPSA) is 226 Å². The number of benzene rings is 1. The van der Waals surface area contributed by atoms with E-state index in [1.807, 2.05) is 0 Å². The van der Waals surface area contributed by atoms with E-state index in [4.69, 9.17) is 17.2 Å². The summed E-state index contributed by atoms with van der Waals surface area (Å²) in [5, 5.41) is 24.5. The van der Waals surface area contributed by atoms with Crippen LogP contribution in [0.25, 0.3) is 0 Å². The van der Waals surface area contributed by atoms with Gasteiger partial charge in [0.05, 0.1) is 6.04 Å². The third-order valence-corrected chi connectivity index (χ3v) is 6.41. The number of hydrogen-bond donors (Lipinski definition) is 7. The maximum absolute atomic E-state index is 13.5. The lowest BCUT2D eigenvalue weighted by Gasteiger charge is -2.29. The number of phenols is 1. The van der Waals surface area contributed by atoms with Crippen LogP contribution >= 0.6 is 0 Å². The highest BCUT2D eigenvalue weighted by atomic mass is 16.4. The number of aliphatic imine (C=N–C) groups is 1. The van der Waals surface area contributed by atoms with Crippen molar-refractivity contribution in [2.45, 2.75) is 70.1 Å². The van der Waals surface area contributed by atoms with Gasteiger partial charge in [0.15, 0.2) is 5.96 Å². The molecule has 210 valence electrons. The molecule has 13 nitrogen and oxygen atoms in total. The Kier molecular flexibility index (Phi) is 11.3. The van der Waals surface area contributed by atoms with Gasteiger partial charge >= 0.3 is 5.97 Å².